The molecule has 2 rings (SSSR count). The number of methoxy groups -OCH3 is 1. The molecule has 2 aliphatic heterocycles. The third kappa shape index (κ3) is 13.3. The number of nitrogens with one attached hydrogen (secondary N) is 3. The Hall–Kier alpha value is -4.44. The Bertz CT molecular complexity index is 1100. The van der Waals surface area contributed by atoms with Crippen LogP contribution in [0.4, 0.5) is 0 Å². The Morgan fingerprint density at radius 2 is 1.37 bits per heavy atom. The molecule has 0 aromatic carbocycles. The fourth-order valence-electron chi connectivity index (χ4n) is 4.45. The van der Waals surface area contributed by atoms with Gasteiger partial charge in [0.05, 0.1) is 13.2 Å². The second-order valence-corrected chi connectivity index (χ2v) is 10.5. The van der Waals surface area contributed by atoms with Crippen molar-refractivity contribution in [1.82, 2.24) is 30.7 Å². The minimum Gasteiger partial charge on any atom is -0.382 e. The summed E-state index contributed by atoms with van der Waals surface area (Å²) in [6, 6.07) is -0.849. The summed E-state index contributed by atoms with van der Waals surface area (Å²) in [5.41, 5.74) is 0. The zero-order valence-corrected chi connectivity index (χ0v) is 26.4. The van der Waals surface area contributed by atoms with Gasteiger partial charge >= 0.3 is 0 Å². The average molecular weight is 649 g/mol. The Balaban J connectivity index is 1.88. The second-order valence-electron chi connectivity index (χ2n) is 10.5. The summed E-state index contributed by atoms with van der Waals surface area (Å²) in [6.45, 7) is 2.93. The maximum atomic E-state index is 13.2. The van der Waals surface area contributed by atoms with Crippen LogP contribution in [-0.4, -0.2) is 134 Å². The lowest BCUT2D eigenvalue weighted by molar-refractivity contribution is -0.140. The molecular formula is C30H44N6O10. The van der Waals surface area contributed by atoms with Crippen molar-refractivity contribution < 1.29 is 47.8 Å². The number of imide groups is 2. The van der Waals surface area contributed by atoms with Gasteiger partial charge in [-0.2, -0.15) is 0 Å². The van der Waals surface area contributed by atoms with Crippen LogP contribution in [0, 0.1) is 0 Å². The molecule has 0 aliphatic carbocycles. The van der Waals surface area contributed by atoms with Crippen molar-refractivity contribution in [3.63, 3.8) is 0 Å². The van der Waals surface area contributed by atoms with Gasteiger partial charge < -0.3 is 30.3 Å². The molecule has 0 aromatic heterocycles. The van der Waals surface area contributed by atoms with Crippen molar-refractivity contribution in [3.05, 3.63) is 24.3 Å². The van der Waals surface area contributed by atoms with Gasteiger partial charge in [0, 0.05) is 83.5 Å². The molecule has 0 saturated carbocycles. The van der Waals surface area contributed by atoms with Crippen LogP contribution in [0.15, 0.2) is 24.3 Å². The SMILES string of the molecule is CCCNC(=O)[C@H](CCCCNC(=O)COCCOC)NC(=O)CCC(=O)N(CCN1C(=O)C=CC1=O)CCN1C(=O)C=CC1=O. The van der Waals surface area contributed by atoms with Crippen molar-refractivity contribution in [3.8, 4) is 0 Å². The van der Waals surface area contributed by atoms with Gasteiger partial charge in [0.25, 0.3) is 23.6 Å². The molecule has 0 saturated heterocycles. The molecular weight excluding hydrogens is 604 g/mol. The molecule has 0 aromatic rings. The maximum Gasteiger partial charge on any atom is 0.253 e. The highest BCUT2D eigenvalue weighted by molar-refractivity contribution is 6.13. The van der Waals surface area contributed by atoms with Gasteiger partial charge in [-0.05, 0) is 25.7 Å². The van der Waals surface area contributed by atoms with Crippen LogP contribution in [0.3, 0.4) is 0 Å². The number of unbranched alkanes of at least 4 members (excludes halogenated alkanes) is 1. The van der Waals surface area contributed by atoms with Gasteiger partial charge in [0.1, 0.15) is 12.6 Å². The molecule has 1 atom stereocenters. The second kappa shape index (κ2) is 20.6. The van der Waals surface area contributed by atoms with Crippen LogP contribution < -0.4 is 16.0 Å². The van der Waals surface area contributed by atoms with E-state index in [1.54, 1.807) is 0 Å². The number of ether oxygens (including phenoxy) is 2. The van der Waals surface area contributed by atoms with E-state index in [1.807, 2.05) is 6.92 Å². The molecule has 254 valence electrons. The van der Waals surface area contributed by atoms with E-state index in [0.717, 1.165) is 34.1 Å². The Morgan fingerprint density at radius 1 is 0.783 bits per heavy atom. The number of amides is 8. The highest BCUT2D eigenvalue weighted by Gasteiger charge is 2.28. The van der Waals surface area contributed by atoms with Crippen molar-refractivity contribution in [2.75, 3.05) is 66.2 Å². The molecule has 0 spiro atoms. The minimum atomic E-state index is -0.849. The molecule has 3 N–H and O–H groups in total. The highest BCUT2D eigenvalue weighted by Crippen LogP contribution is 2.09. The van der Waals surface area contributed by atoms with Crippen LogP contribution >= 0.6 is 0 Å². The lowest BCUT2D eigenvalue weighted by Gasteiger charge is -2.27. The quantitative estimate of drug-likeness (QED) is 0.0857. The van der Waals surface area contributed by atoms with Crippen molar-refractivity contribution in [2.24, 2.45) is 0 Å². The van der Waals surface area contributed by atoms with E-state index in [1.165, 1.54) is 12.0 Å². The van der Waals surface area contributed by atoms with Crippen LogP contribution in [0.1, 0.15) is 45.4 Å². The van der Waals surface area contributed by atoms with Crippen LogP contribution in [0.5, 0.6) is 0 Å². The van der Waals surface area contributed by atoms with E-state index in [9.17, 15) is 38.4 Å². The predicted molar refractivity (Wildman–Crippen MR) is 162 cm³/mol. The first-order valence-corrected chi connectivity index (χ1v) is 15.3. The standard InChI is InChI=1S/C30H44N6O10/c1-3-13-32-30(44)22(6-4-5-14-31-24(38)21-46-20-19-45-2)33-23(37)7-8-25(39)34(15-17-35-26(40)9-10-27(35)41)16-18-36-28(42)11-12-29(36)43/h9-12,22H,3-8,13-21H2,1-2H3,(H,31,38)(H,32,44)(H,33,37)/t22-/m0/s1. The molecule has 0 bridgehead atoms. The molecule has 8 amide bonds. The summed E-state index contributed by atoms with van der Waals surface area (Å²) in [6.07, 6.45) is 6.06. The summed E-state index contributed by atoms with van der Waals surface area (Å²) < 4.78 is 10.0. The predicted octanol–water partition coefficient (Wildman–Crippen LogP) is -1.59. The van der Waals surface area contributed by atoms with E-state index >= 15 is 0 Å². The summed E-state index contributed by atoms with van der Waals surface area (Å²) in [5, 5.41) is 8.17. The number of hydrogen-bond acceptors (Lipinski definition) is 10. The molecule has 16 nitrogen and oxygen atoms in total. The summed E-state index contributed by atoms with van der Waals surface area (Å²) in [7, 11) is 1.53. The van der Waals surface area contributed by atoms with Gasteiger partial charge in [-0.3, -0.25) is 48.2 Å². The molecule has 16 heteroatoms. The third-order valence-corrected chi connectivity index (χ3v) is 7.01. The lowest BCUT2D eigenvalue weighted by Crippen LogP contribution is -2.47. The topological polar surface area (TPSA) is 201 Å². The van der Waals surface area contributed by atoms with Crippen LogP contribution in [0.25, 0.3) is 0 Å². The van der Waals surface area contributed by atoms with Crippen molar-refractivity contribution in [1.29, 1.82) is 0 Å². The number of carbonyl (C=O) groups excluding carboxylic acids is 8. The first kappa shape index (κ1) is 37.7. The van der Waals surface area contributed by atoms with Gasteiger partial charge in [-0.25, -0.2) is 0 Å². The largest absolute Gasteiger partial charge is 0.382 e. The monoisotopic (exact) mass is 648 g/mol. The van der Waals surface area contributed by atoms with E-state index in [-0.39, 0.29) is 57.4 Å². The molecule has 2 aliphatic rings. The fourth-order valence-corrected chi connectivity index (χ4v) is 4.45. The summed E-state index contributed by atoms with van der Waals surface area (Å²) >= 11 is 0. The smallest absolute Gasteiger partial charge is 0.253 e. The van der Waals surface area contributed by atoms with Gasteiger partial charge in [0.2, 0.25) is 23.6 Å². The van der Waals surface area contributed by atoms with Crippen molar-refractivity contribution in [2.45, 2.75) is 51.5 Å². The first-order chi connectivity index (χ1) is 22.1. The first-order valence-electron chi connectivity index (χ1n) is 15.3. The van der Waals surface area contributed by atoms with Crippen molar-refractivity contribution >= 4 is 47.3 Å². The zero-order chi connectivity index (χ0) is 33.9. The number of nitrogens with zero attached hydrogens (tertiary/aromatic N) is 3. The fraction of sp³-hybridized carbons (Fsp3) is 0.600. The minimum absolute atomic E-state index is 0.0683. The third-order valence-electron chi connectivity index (χ3n) is 7.01. The van der Waals surface area contributed by atoms with E-state index < -0.39 is 41.5 Å². The van der Waals surface area contributed by atoms with Gasteiger partial charge in [-0.15, -0.1) is 0 Å². The van der Waals surface area contributed by atoms with Gasteiger partial charge in [0.15, 0.2) is 0 Å². The Morgan fingerprint density at radius 3 is 1.91 bits per heavy atom. The maximum absolute atomic E-state index is 13.2. The van der Waals surface area contributed by atoms with Crippen LogP contribution in [-0.2, 0) is 47.8 Å². The summed E-state index contributed by atoms with van der Waals surface area (Å²) in [4.78, 5) is 102. The lowest BCUT2D eigenvalue weighted by atomic mass is 10.1. The average Bonchev–Trinajstić information content (AvgIpc) is 3.53. The molecule has 2 heterocycles. The highest BCUT2D eigenvalue weighted by atomic mass is 16.5. The Kier molecular flexibility index (Phi) is 16.9. The number of carbonyl (C=O) groups is 8. The molecule has 0 radical (unpaired) electrons. The normalized spacial score (nSPS) is 14.7. The summed E-state index contributed by atoms with van der Waals surface area (Å²) in [5.74, 6) is -3.75. The number of hydrogen-bond donors (Lipinski definition) is 3. The van der Waals surface area contributed by atoms with Crippen LogP contribution in [0.2, 0.25) is 0 Å². The Labute approximate surface area is 267 Å². The van der Waals surface area contributed by atoms with E-state index in [4.69, 9.17) is 9.47 Å². The van der Waals surface area contributed by atoms with E-state index in [2.05, 4.69) is 16.0 Å². The van der Waals surface area contributed by atoms with Gasteiger partial charge in [-0.1, -0.05) is 6.92 Å². The number of rotatable bonds is 23. The van der Waals surface area contributed by atoms with E-state index in [0.29, 0.717) is 52.0 Å². The molecule has 0 fully saturated rings. The molecule has 0 unspecified atom stereocenters. The molecule has 46 heavy (non-hydrogen) atoms. The zero-order valence-electron chi connectivity index (χ0n) is 26.4.